The van der Waals surface area contributed by atoms with Gasteiger partial charge in [-0.2, -0.15) is 0 Å². The third kappa shape index (κ3) is 1.60. The van der Waals surface area contributed by atoms with Gasteiger partial charge in [-0.05, 0) is 25.1 Å². The lowest BCUT2D eigenvalue weighted by molar-refractivity contribution is 0.331. The van der Waals surface area contributed by atoms with Crippen LogP contribution in [0.5, 0.6) is 5.88 Å². The van der Waals surface area contributed by atoms with Crippen LogP contribution < -0.4 is 4.74 Å². The van der Waals surface area contributed by atoms with Crippen LogP contribution in [0.3, 0.4) is 0 Å². The molecular formula is C11H10BrNO. The van der Waals surface area contributed by atoms with Crippen molar-refractivity contribution in [2.24, 2.45) is 0 Å². The Morgan fingerprint density at radius 3 is 2.93 bits per heavy atom. The predicted molar refractivity (Wildman–Crippen MR) is 60.6 cm³/mol. The molecule has 0 aliphatic carbocycles. The Labute approximate surface area is 91.0 Å². The van der Waals surface area contributed by atoms with Gasteiger partial charge in [0.25, 0.3) is 0 Å². The number of aromatic nitrogens is 1. The van der Waals surface area contributed by atoms with Crippen molar-refractivity contribution in [2.75, 3.05) is 6.61 Å². The monoisotopic (exact) mass is 251 g/mol. The highest BCUT2D eigenvalue weighted by molar-refractivity contribution is 9.10. The van der Waals surface area contributed by atoms with Gasteiger partial charge in [0.2, 0.25) is 5.88 Å². The van der Waals surface area contributed by atoms with Crippen molar-refractivity contribution in [1.29, 1.82) is 0 Å². The average molecular weight is 252 g/mol. The van der Waals surface area contributed by atoms with E-state index in [-0.39, 0.29) is 0 Å². The standard InChI is InChI=1S/C11H10BrNO/c1-2-14-11-9-4-3-5-10(12)8(9)6-7-13-11/h3-7H,2H2,1H3. The molecule has 1 aromatic carbocycles. The highest BCUT2D eigenvalue weighted by Crippen LogP contribution is 2.28. The lowest BCUT2D eigenvalue weighted by atomic mass is 10.2. The van der Waals surface area contributed by atoms with Crippen LogP contribution in [0, 0.1) is 0 Å². The van der Waals surface area contributed by atoms with E-state index < -0.39 is 0 Å². The van der Waals surface area contributed by atoms with Crippen LogP contribution in [0.1, 0.15) is 6.92 Å². The normalized spacial score (nSPS) is 10.4. The molecule has 1 aromatic heterocycles. The molecule has 0 N–H and O–H groups in total. The molecule has 0 amide bonds. The van der Waals surface area contributed by atoms with Crippen molar-refractivity contribution < 1.29 is 4.74 Å². The van der Waals surface area contributed by atoms with E-state index in [1.54, 1.807) is 6.20 Å². The molecule has 0 saturated heterocycles. The van der Waals surface area contributed by atoms with Crippen molar-refractivity contribution in [2.45, 2.75) is 6.92 Å². The zero-order valence-corrected chi connectivity index (χ0v) is 9.41. The van der Waals surface area contributed by atoms with Crippen LogP contribution >= 0.6 is 15.9 Å². The zero-order chi connectivity index (χ0) is 9.97. The summed E-state index contributed by atoms with van der Waals surface area (Å²) in [6.45, 7) is 2.59. The third-order valence-corrected chi connectivity index (χ3v) is 2.69. The van der Waals surface area contributed by atoms with E-state index in [2.05, 4.69) is 20.9 Å². The van der Waals surface area contributed by atoms with E-state index in [1.165, 1.54) is 0 Å². The second kappa shape index (κ2) is 3.96. The second-order valence-corrected chi connectivity index (χ2v) is 3.74. The van der Waals surface area contributed by atoms with Gasteiger partial charge in [-0.25, -0.2) is 4.98 Å². The van der Waals surface area contributed by atoms with Gasteiger partial charge in [-0.15, -0.1) is 0 Å². The topological polar surface area (TPSA) is 22.1 Å². The van der Waals surface area contributed by atoms with Gasteiger partial charge in [0.1, 0.15) is 0 Å². The first-order valence-electron chi connectivity index (χ1n) is 4.49. The summed E-state index contributed by atoms with van der Waals surface area (Å²) >= 11 is 3.50. The molecule has 0 spiro atoms. The maximum Gasteiger partial charge on any atom is 0.221 e. The molecule has 0 bridgehead atoms. The van der Waals surface area contributed by atoms with Crippen molar-refractivity contribution in [3.63, 3.8) is 0 Å². The van der Waals surface area contributed by atoms with Crippen molar-refractivity contribution in [3.8, 4) is 5.88 Å². The Balaban J connectivity index is 2.68. The number of fused-ring (bicyclic) bond motifs is 1. The minimum atomic E-state index is 0.638. The summed E-state index contributed by atoms with van der Waals surface area (Å²) in [4.78, 5) is 4.19. The largest absolute Gasteiger partial charge is 0.478 e. The van der Waals surface area contributed by atoms with Crippen LogP contribution in [0.4, 0.5) is 0 Å². The number of hydrogen-bond acceptors (Lipinski definition) is 2. The maximum atomic E-state index is 5.44. The Bertz CT molecular complexity index is 456. The average Bonchev–Trinajstić information content (AvgIpc) is 2.20. The summed E-state index contributed by atoms with van der Waals surface area (Å²) in [5, 5.41) is 2.18. The molecule has 3 heteroatoms. The van der Waals surface area contributed by atoms with Crippen LogP contribution in [0.25, 0.3) is 10.8 Å². The van der Waals surface area contributed by atoms with Gasteiger partial charge in [0, 0.05) is 21.4 Å². The lowest BCUT2D eigenvalue weighted by Crippen LogP contribution is -1.94. The predicted octanol–water partition coefficient (Wildman–Crippen LogP) is 3.40. The molecule has 0 aliphatic rings. The summed E-state index contributed by atoms with van der Waals surface area (Å²) < 4.78 is 6.51. The van der Waals surface area contributed by atoms with Crippen LogP contribution in [-0.2, 0) is 0 Å². The summed E-state index contributed by atoms with van der Waals surface area (Å²) in [6.07, 6.45) is 1.76. The fourth-order valence-electron chi connectivity index (χ4n) is 1.39. The Morgan fingerprint density at radius 2 is 2.14 bits per heavy atom. The molecule has 0 radical (unpaired) electrons. The van der Waals surface area contributed by atoms with Gasteiger partial charge in [-0.3, -0.25) is 0 Å². The van der Waals surface area contributed by atoms with E-state index in [0.717, 1.165) is 15.2 Å². The summed E-state index contributed by atoms with van der Waals surface area (Å²) in [5.74, 6) is 0.700. The minimum Gasteiger partial charge on any atom is -0.478 e. The van der Waals surface area contributed by atoms with Crippen LogP contribution in [-0.4, -0.2) is 11.6 Å². The van der Waals surface area contributed by atoms with Gasteiger partial charge >= 0.3 is 0 Å². The summed E-state index contributed by atoms with van der Waals surface area (Å²) in [5.41, 5.74) is 0. The van der Waals surface area contributed by atoms with Gasteiger partial charge in [0.05, 0.1) is 6.61 Å². The van der Waals surface area contributed by atoms with Gasteiger partial charge in [-0.1, -0.05) is 22.0 Å². The van der Waals surface area contributed by atoms with Crippen LogP contribution in [0.2, 0.25) is 0 Å². The number of pyridine rings is 1. The number of halogens is 1. The van der Waals surface area contributed by atoms with E-state index in [9.17, 15) is 0 Å². The number of nitrogens with zero attached hydrogens (tertiary/aromatic N) is 1. The van der Waals surface area contributed by atoms with E-state index in [1.807, 2.05) is 31.2 Å². The maximum absolute atomic E-state index is 5.44. The van der Waals surface area contributed by atoms with Gasteiger partial charge in [0.15, 0.2) is 0 Å². The highest BCUT2D eigenvalue weighted by Gasteiger charge is 2.04. The first-order chi connectivity index (χ1) is 6.83. The fourth-order valence-corrected chi connectivity index (χ4v) is 1.89. The third-order valence-electron chi connectivity index (χ3n) is 2.00. The van der Waals surface area contributed by atoms with E-state index >= 15 is 0 Å². The van der Waals surface area contributed by atoms with Gasteiger partial charge < -0.3 is 4.74 Å². The SMILES string of the molecule is CCOc1nccc2c(Br)cccc12. The van der Waals surface area contributed by atoms with Crippen molar-refractivity contribution in [3.05, 3.63) is 34.9 Å². The van der Waals surface area contributed by atoms with Crippen molar-refractivity contribution in [1.82, 2.24) is 4.98 Å². The quantitative estimate of drug-likeness (QED) is 0.817. The van der Waals surface area contributed by atoms with Crippen LogP contribution in [0.15, 0.2) is 34.9 Å². The second-order valence-electron chi connectivity index (χ2n) is 2.88. The molecule has 1 heterocycles. The Kier molecular flexibility index (Phi) is 2.68. The molecule has 72 valence electrons. The molecule has 2 nitrogen and oxygen atoms in total. The first kappa shape index (κ1) is 9.46. The zero-order valence-electron chi connectivity index (χ0n) is 7.83. The molecule has 2 rings (SSSR count). The molecule has 0 fully saturated rings. The Hall–Kier alpha value is -1.09. The fraction of sp³-hybridized carbons (Fsp3) is 0.182. The molecule has 2 aromatic rings. The molecule has 0 saturated carbocycles. The Morgan fingerprint density at radius 1 is 1.29 bits per heavy atom. The van der Waals surface area contributed by atoms with E-state index in [0.29, 0.717) is 12.5 Å². The number of ether oxygens (including phenoxy) is 1. The molecule has 0 atom stereocenters. The van der Waals surface area contributed by atoms with E-state index in [4.69, 9.17) is 4.74 Å². The van der Waals surface area contributed by atoms with Crippen molar-refractivity contribution >= 4 is 26.7 Å². The number of benzene rings is 1. The first-order valence-corrected chi connectivity index (χ1v) is 5.28. The number of rotatable bonds is 2. The molecule has 14 heavy (non-hydrogen) atoms. The smallest absolute Gasteiger partial charge is 0.221 e. The molecule has 0 unspecified atom stereocenters. The lowest BCUT2D eigenvalue weighted by Gasteiger charge is -2.06. The molecule has 0 aliphatic heterocycles. The summed E-state index contributed by atoms with van der Waals surface area (Å²) in [6, 6.07) is 7.98. The minimum absolute atomic E-state index is 0.638. The highest BCUT2D eigenvalue weighted by atomic mass is 79.9. The number of hydrogen-bond donors (Lipinski definition) is 0. The molecular weight excluding hydrogens is 242 g/mol. The summed E-state index contributed by atoms with van der Waals surface area (Å²) in [7, 11) is 0.